The molecule has 196 valence electrons. The maximum atomic E-state index is 13.2. The van der Waals surface area contributed by atoms with E-state index < -0.39 is 11.7 Å². The van der Waals surface area contributed by atoms with Crippen molar-refractivity contribution in [2.45, 2.75) is 32.5 Å². The van der Waals surface area contributed by atoms with Gasteiger partial charge in [-0.05, 0) is 97.2 Å². The number of rotatable bonds is 6. The van der Waals surface area contributed by atoms with E-state index in [0.717, 1.165) is 40.1 Å². The van der Waals surface area contributed by atoms with Gasteiger partial charge in [-0.3, -0.25) is 0 Å². The Bertz CT molecular complexity index is 1280. The van der Waals surface area contributed by atoms with E-state index in [1.54, 1.807) is 20.3 Å². The maximum Gasteiger partial charge on any atom is 0.416 e. The maximum absolute atomic E-state index is 13.2. The summed E-state index contributed by atoms with van der Waals surface area (Å²) >= 11 is 5.70. The number of benzene rings is 3. The summed E-state index contributed by atoms with van der Waals surface area (Å²) in [5, 5.41) is 3.31. The molecule has 1 aliphatic rings. The molecule has 0 amide bonds. The minimum Gasteiger partial charge on any atom is -0.493 e. The second kappa shape index (κ2) is 10.9. The Hall–Kier alpha value is -3.46. The second-order valence-corrected chi connectivity index (χ2v) is 9.40. The second-order valence-electron chi connectivity index (χ2n) is 9.01. The molecule has 1 N–H and O–H groups in total. The zero-order valence-corrected chi connectivity index (χ0v) is 21.9. The van der Waals surface area contributed by atoms with Crippen molar-refractivity contribution in [1.29, 1.82) is 0 Å². The van der Waals surface area contributed by atoms with Crippen LogP contribution in [0.15, 0.2) is 54.6 Å². The van der Waals surface area contributed by atoms with Crippen LogP contribution in [0.3, 0.4) is 0 Å². The van der Waals surface area contributed by atoms with Gasteiger partial charge in [-0.1, -0.05) is 12.1 Å². The highest BCUT2D eigenvalue weighted by molar-refractivity contribution is 7.80. The normalized spacial score (nSPS) is 15.1. The van der Waals surface area contributed by atoms with Gasteiger partial charge >= 0.3 is 6.18 Å². The molecular formula is C28H29F3N2O3S. The number of nitrogens with one attached hydrogen (secondary N) is 1. The van der Waals surface area contributed by atoms with Crippen LogP contribution in [-0.4, -0.2) is 37.4 Å². The monoisotopic (exact) mass is 530 g/mol. The standard InChI is InChI=1S/C28H29F3N2O3S/c1-17-10-18(2)12-22(11-17)36-16-24-23-15-26(35-4)25(34-3)13-19(23)8-9-33(24)27(37)32-21-7-5-6-20(14-21)28(29,30)31/h5-7,10-15,24H,8-9,16H2,1-4H3,(H,32,37). The highest BCUT2D eigenvalue weighted by Crippen LogP contribution is 2.39. The number of fused-ring (bicyclic) bond motifs is 1. The van der Waals surface area contributed by atoms with Crippen LogP contribution in [0.4, 0.5) is 18.9 Å². The number of methoxy groups -OCH3 is 2. The summed E-state index contributed by atoms with van der Waals surface area (Å²) in [4.78, 5) is 1.95. The average molecular weight is 531 g/mol. The van der Waals surface area contributed by atoms with Gasteiger partial charge in [-0.2, -0.15) is 13.2 Å². The van der Waals surface area contributed by atoms with Crippen molar-refractivity contribution in [2.24, 2.45) is 0 Å². The Morgan fingerprint density at radius 3 is 2.32 bits per heavy atom. The lowest BCUT2D eigenvalue weighted by Gasteiger charge is -2.39. The quantitative estimate of drug-likeness (QED) is 0.357. The third-order valence-corrected chi connectivity index (χ3v) is 6.64. The molecule has 0 spiro atoms. The first-order chi connectivity index (χ1) is 17.6. The van der Waals surface area contributed by atoms with E-state index >= 15 is 0 Å². The van der Waals surface area contributed by atoms with Gasteiger partial charge in [0.05, 0.1) is 25.8 Å². The van der Waals surface area contributed by atoms with Crippen LogP contribution >= 0.6 is 12.2 Å². The summed E-state index contributed by atoms with van der Waals surface area (Å²) < 4.78 is 57.0. The van der Waals surface area contributed by atoms with E-state index in [4.69, 9.17) is 26.4 Å². The van der Waals surface area contributed by atoms with Crippen LogP contribution in [0.5, 0.6) is 17.2 Å². The van der Waals surface area contributed by atoms with Gasteiger partial charge in [0, 0.05) is 12.2 Å². The number of halogens is 3. The van der Waals surface area contributed by atoms with Gasteiger partial charge in [0.25, 0.3) is 0 Å². The number of hydrogen-bond donors (Lipinski definition) is 1. The molecule has 0 radical (unpaired) electrons. The fourth-order valence-electron chi connectivity index (χ4n) is 4.61. The molecule has 0 saturated heterocycles. The molecule has 0 bridgehead atoms. The van der Waals surface area contributed by atoms with Crippen LogP contribution in [0.25, 0.3) is 0 Å². The number of thiocarbonyl (C=S) groups is 1. The molecule has 0 aromatic heterocycles. The van der Waals surface area contributed by atoms with E-state index in [-0.39, 0.29) is 18.3 Å². The van der Waals surface area contributed by atoms with Crippen molar-refractivity contribution in [2.75, 3.05) is 32.7 Å². The zero-order chi connectivity index (χ0) is 26.7. The Kier molecular flexibility index (Phi) is 7.82. The van der Waals surface area contributed by atoms with E-state index in [2.05, 4.69) is 11.4 Å². The smallest absolute Gasteiger partial charge is 0.416 e. The molecule has 3 aromatic carbocycles. The van der Waals surface area contributed by atoms with Gasteiger partial charge in [0.1, 0.15) is 12.4 Å². The van der Waals surface area contributed by atoms with Crippen molar-refractivity contribution in [3.05, 3.63) is 82.4 Å². The number of nitrogens with zero attached hydrogens (tertiary/aromatic N) is 1. The lowest BCUT2D eigenvalue weighted by Crippen LogP contribution is -2.44. The van der Waals surface area contributed by atoms with Crippen molar-refractivity contribution >= 4 is 23.0 Å². The first-order valence-electron chi connectivity index (χ1n) is 11.8. The molecule has 9 heteroatoms. The molecule has 3 aromatic rings. The summed E-state index contributed by atoms with van der Waals surface area (Å²) in [5.74, 6) is 1.95. The third kappa shape index (κ3) is 6.10. The predicted octanol–water partition coefficient (Wildman–Crippen LogP) is 6.71. The van der Waals surface area contributed by atoms with Crippen LogP contribution in [-0.2, 0) is 12.6 Å². The molecule has 1 aliphatic heterocycles. The van der Waals surface area contributed by atoms with E-state index in [1.807, 2.05) is 43.0 Å². The summed E-state index contributed by atoms with van der Waals surface area (Å²) in [6.45, 7) is 4.84. The molecule has 1 atom stereocenters. The van der Waals surface area contributed by atoms with Crippen LogP contribution < -0.4 is 19.5 Å². The molecule has 0 saturated carbocycles. The topological polar surface area (TPSA) is 43.0 Å². The van der Waals surface area contributed by atoms with Crippen molar-refractivity contribution in [1.82, 2.24) is 4.90 Å². The molecule has 5 nitrogen and oxygen atoms in total. The minimum atomic E-state index is -4.44. The summed E-state index contributed by atoms with van der Waals surface area (Å²) in [5.41, 5.74) is 3.74. The molecule has 1 heterocycles. The molecule has 0 fully saturated rings. The zero-order valence-electron chi connectivity index (χ0n) is 21.1. The summed E-state index contributed by atoms with van der Waals surface area (Å²) in [6, 6.07) is 14.6. The molecular weight excluding hydrogens is 501 g/mol. The molecule has 4 rings (SSSR count). The van der Waals surface area contributed by atoms with Crippen LogP contribution in [0.2, 0.25) is 0 Å². The minimum absolute atomic E-state index is 0.270. The average Bonchev–Trinajstić information content (AvgIpc) is 2.85. The summed E-state index contributed by atoms with van der Waals surface area (Å²) in [6.07, 6.45) is -3.78. The van der Waals surface area contributed by atoms with E-state index in [1.165, 1.54) is 6.07 Å². The van der Waals surface area contributed by atoms with Crippen LogP contribution in [0, 0.1) is 13.8 Å². The number of ether oxygens (including phenoxy) is 3. The van der Waals surface area contributed by atoms with E-state index in [0.29, 0.717) is 29.6 Å². The van der Waals surface area contributed by atoms with Gasteiger partial charge in [0.15, 0.2) is 16.6 Å². The molecule has 37 heavy (non-hydrogen) atoms. The fourth-order valence-corrected chi connectivity index (χ4v) is 4.95. The lowest BCUT2D eigenvalue weighted by atomic mass is 9.92. The van der Waals surface area contributed by atoms with Gasteiger partial charge in [-0.25, -0.2) is 0 Å². The SMILES string of the molecule is COc1cc2c(cc1OC)C(COc1cc(C)cc(C)c1)N(C(=S)Nc1cccc(C(F)(F)F)c1)CC2. The van der Waals surface area contributed by atoms with Gasteiger partial charge in [-0.15, -0.1) is 0 Å². The largest absolute Gasteiger partial charge is 0.493 e. The van der Waals surface area contributed by atoms with Gasteiger partial charge < -0.3 is 24.4 Å². The highest BCUT2D eigenvalue weighted by Gasteiger charge is 2.33. The number of anilines is 1. The first kappa shape index (κ1) is 26.6. The summed E-state index contributed by atoms with van der Waals surface area (Å²) in [7, 11) is 3.17. The van der Waals surface area contributed by atoms with Crippen molar-refractivity contribution in [3.63, 3.8) is 0 Å². The number of alkyl halides is 3. The molecule has 1 unspecified atom stereocenters. The number of aryl methyl sites for hydroxylation is 2. The Morgan fingerprint density at radius 2 is 1.68 bits per heavy atom. The third-order valence-electron chi connectivity index (χ3n) is 6.31. The molecule has 0 aliphatic carbocycles. The Labute approximate surface area is 220 Å². The fraction of sp³-hybridized carbons (Fsp3) is 0.321. The predicted molar refractivity (Wildman–Crippen MR) is 142 cm³/mol. The van der Waals surface area contributed by atoms with Crippen molar-refractivity contribution in [3.8, 4) is 17.2 Å². The van der Waals surface area contributed by atoms with Crippen molar-refractivity contribution < 1.29 is 27.4 Å². The number of hydrogen-bond acceptors (Lipinski definition) is 4. The lowest BCUT2D eigenvalue weighted by molar-refractivity contribution is -0.137. The first-order valence-corrected chi connectivity index (χ1v) is 12.2. The Morgan fingerprint density at radius 1 is 1.00 bits per heavy atom. The highest BCUT2D eigenvalue weighted by atomic mass is 32.1. The Balaban J connectivity index is 1.66. The van der Waals surface area contributed by atoms with Crippen LogP contribution in [0.1, 0.15) is 33.9 Å². The van der Waals surface area contributed by atoms with E-state index in [9.17, 15) is 13.2 Å². The van der Waals surface area contributed by atoms with Gasteiger partial charge in [0.2, 0.25) is 0 Å².